The van der Waals surface area contributed by atoms with E-state index in [4.69, 9.17) is 18.9 Å². The molecule has 0 spiro atoms. The number of hydrogen-bond acceptors (Lipinski definition) is 9. The van der Waals surface area contributed by atoms with E-state index >= 15 is 0 Å². The first-order chi connectivity index (χ1) is 17.4. The predicted molar refractivity (Wildman–Crippen MR) is 136 cm³/mol. The molecule has 0 saturated carbocycles. The largest absolute Gasteiger partial charge is 0.493 e. The Balaban J connectivity index is 1.37. The van der Waals surface area contributed by atoms with Gasteiger partial charge < -0.3 is 34.5 Å². The highest BCUT2D eigenvalue weighted by molar-refractivity contribution is 7.16. The van der Waals surface area contributed by atoms with E-state index in [0.717, 1.165) is 41.2 Å². The Kier molecular flexibility index (Phi) is 6.46. The summed E-state index contributed by atoms with van der Waals surface area (Å²) in [4.78, 5) is 29.4. The van der Waals surface area contributed by atoms with Crippen LogP contribution in [0.3, 0.4) is 0 Å². The van der Waals surface area contributed by atoms with Crippen LogP contribution in [0.2, 0.25) is 0 Å². The van der Waals surface area contributed by atoms with E-state index in [1.165, 1.54) is 38.3 Å². The van der Waals surface area contributed by atoms with E-state index in [0.29, 0.717) is 23.0 Å². The van der Waals surface area contributed by atoms with Crippen molar-refractivity contribution in [1.82, 2.24) is 10.2 Å². The van der Waals surface area contributed by atoms with Crippen molar-refractivity contribution in [3.63, 3.8) is 0 Å². The molecule has 2 aliphatic rings. The van der Waals surface area contributed by atoms with Gasteiger partial charge in [-0.2, -0.15) is 0 Å². The van der Waals surface area contributed by atoms with Crippen molar-refractivity contribution >= 4 is 28.2 Å². The van der Waals surface area contributed by atoms with Crippen molar-refractivity contribution < 1.29 is 28.5 Å². The molecule has 1 aromatic heterocycles. The highest BCUT2D eigenvalue weighted by atomic mass is 32.1. The van der Waals surface area contributed by atoms with E-state index in [2.05, 4.69) is 22.6 Å². The first kappa shape index (κ1) is 24.0. The van der Waals surface area contributed by atoms with Crippen LogP contribution in [0, 0.1) is 0 Å². The number of carbonyl (C=O) groups excluding carboxylic acids is 2. The smallest absolute Gasteiger partial charge is 0.343 e. The molecule has 0 fully saturated rings. The van der Waals surface area contributed by atoms with Crippen LogP contribution >= 0.6 is 11.3 Å². The van der Waals surface area contributed by atoms with Gasteiger partial charge in [-0.1, -0.05) is 12.1 Å². The summed E-state index contributed by atoms with van der Waals surface area (Å²) in [6.07, 6.45) is 0.423. The quantitative estimate of drug-likeness (QED) is 0.382. The third kappa shape index (κ3) is 4.33. The molecule has 0 aliphatic carbocycles. The van der Waals surface area contributed by atoms with Crippen molar-refractivity contribution in [2.45, 2.75) is 19.1 Å². The van der Waals surface area contributed by atoms with Gasteiger partial charge in [-0.25, -0.2) is 4.79 Å². The first-order valence-corrected chi connectivity index (χ1v) is 12.3. The van der Waals surface area contributed by atoms with Crippen LogP contribution < -0.4 is 29.6 Å². The minimum atomic E-state index is -0.579. The molecule has 9 nitrogen and oxygen atoms in total. The minimum absolute atomic E-state index is 0.0874. The Labute approximate surface area is 212 Å². The van der Waals surface area contributed by atoms with Crippen LogP contribution in [0.5, 0.6) is 23.0 Å². The number of amides is 1. The normalized spacial score (nSPS) is 16.8. The minimum Gasteiger partial charge on any atom is -0.493 e. The summed E-state index contributed by atoms with van der Waals surface area (Å²) < 4.78 is 21.6. The lowest BCUT2D eigenvalue weighted by Gasteiger charge is -2.27. The summed E-state index contributed by atoms with van der Waals surface area (Å²) in [5, 5.41) is 7.38. The van der Waals surface area contributed by atoms with Gasteiger partial charge in [0.2, 0.25) is 5.75 Å². The molecule has 2 aromatic carbocycles. The third-order valence-corrected chi connectivity index (χ3v) is 7.48. The van der Waals surface area contributed by atoms with Crippen LogP contribution in [0.4, 0.5) is 5.00 Å². The molecule has 0 unspecified atom stereocenters. The molecule has 3 heterocycles. The molecule has 3 aromatic rings. The lowest BCUT2D eigenvalue weighted by molar-refractivity contribution is 0.0733. The maximum Gasteiger partial charge on any atom is 0.343 e. The molecule has 2 aliphatic heterocycles. The average molecular weight is 510 g/mol. The summed E-state index contributed by atoms with van der Waals surface area (Å²) in [6, 6.07) is 10.2. The fraction of sp³-hybridized carbons (Fsp3) is 0.308. The summed E-state index contributed by atoms with van der Waals surface area (Å²) in [5.74, 6) is 0.777. The second-order valence-electron chi connectivity index (χ2n) is 8.62. The zero-order valence-corrected chi connectivity index (χ0v) is 21.3. The average Bonchev–Trinajstić information content (AvgIpc) is 3.25. The molecule has 10 heteroatoms. The van der Waals surface area contributed by atoms with Crippen molar-refractivity contribution in [2.75, 3.05) is 40.2 Å². The van der Waals surface area contributed by atoms with Gasteiger partial charge in [0, 0.05) is 18.0 Å². The monoisotopic (exact) mass is 509 g/mol. The van der Waals surface area contributed by atoms with Crippen molar-refractivity contribution in [3.05, 3.63) is 63.5 Å². The van der Waals surface area contributed by atoms with E-state index < -0.39 is 12.1 Å². The maximum atomic E-state index is 13.0. The number of methoxy groups -OCH3 is 3. The van der Waals surface area contributed by atoms with Crippen LogP contribution in [0.15, 0.2) is 36.4 Å². The third-order valence-electron chi connectivity index (χ3n) is 6.33. The van der Waals surface area contributed by atoms with E-state index in [-0.39, 0.29) is 11.5 Å². The molecule has 0 radical (unpaired) electrons. The fourth-order valence-electron chi connectivity index (χ4n) is 4.53. The molecular formula is C26H27N3O6S. The van der Waals surface area contributed by atoms with Crippen LogP contribution in [-0.4, -0.2) is 51.7 Å². The zero-order valence-electron chi connectivity index (χ0n) is 20.5. The number of rotatable bonds is 6. The van der Waals surface area contributed by atoms with Gasteiger partial charge in [0.1, 0.15) is 16.9 Å². The SMILES string of the molecule is COc1cc(C(=O)Oc2cccc([C@H]3NC(=O)c4c(sc5c4CCN(C)C5)N3)c2)cc(OC)c1OC. The zero-order chi connectivity index (χ0) is 25.4. The van der Waals surface area contributed by atoms with E-state index in [1.807, 2.05) is 6.07 Å². The van der Waals surface area contributed by atoms with Gasteiger partial charge in [-0.05, 0) is 48.9 Å². The standard InChI is InChI=1S/C26H27N3O6S/c1-29-9-8-17-20(13-29)36-25-21(17)24(30)27-23(28-25)14-6-5-7-16(10-14)35-26(31)15-11-18(32-2)22(34-4)19(12-15)33-3/h5-7,10-12,23,28H,8-9,13H2,1-4H3,(H,27,30)/t23-/m0/s1. The number of likely N-dealkylation sites (N-methyl/N-ethyl adjacent to an activating group) is 1. The number of ether oxygens (including phenoxy) is 4. The van der Waals surface area contributed by atoms with Gasteiger partial charge in [-0.15, -0.1) is 11.3 Å². The van der Waals surface area contributed by atoms with Crippen molar-refractivity contribution in [2.24, 2.45) is 0 Å². The number of benzene rings is 2. The lowest BCUT2D eigenvalue weighted by atomic mass is 10.0. The Hall–Kier alpha value is -3.76. The molecule has 1 atom stereocenters. The number of anilines is 1. The Morgan fingerprint density at radius 1 is 1.06 bits per heavy atom. The highest BCUT2D eigenvalue weighted by Crippen LogP contribution is 2.41. The van der Waals surface area contributed by atoms with Crippen molar-refractivity contribution in [3.8, 4) is 23.0 Å². The maximum absolute atomic E-state index is 13.0. The van der Waals surface area contributed by atoms with Gasteiger partial charge in [0.15, 0.2) is 11.5 Å². The molecule has 5 rings (SSSR count). The number of thiophene rings is 1. The molecule has 0 saturated heterocycles. The van der Waals surface area contributed by atoms with Gasteiger partial charge in [0.25, 0.3) is 5.91 Å². The number of nitrogens with zero attached hydrogens (tertiary/aromatic N) is 1. The number of esters is 1. The fourth-order valence-corrected chi connectivity index (χ4v) is 5.89. The Morgan fingerprint density at radius 2 is 1.81 bits per heavy atom. The second kappa shape index (κ2) is 9.71. The Bertz CT molecular complexity index is 1310. The van der Waals surface area contributed by atoms with Crippen LogP contribution in [-0.2, 0) is 13.0 Å². The van der Waals surface area contributed by atoms with Crippen LogP contribution in [0.25, 0.3) is 0 Å². The molecule has 188 valence electrons. The number of hydrogen-bond donors (Lipinski definition) is 2. The van der Waals surface area contributed by atoms with Crippen molar-refractivity contribution in [1.29, 1.82) is 0 Å². The number of nitrogens with one attached hydrogen (secondary N) is 2. The molecule has 1 amide bonds. The Morgan fingerprint density at radius 3 is 2.50 bits per heavy atom. The van der Waals surface area contributed by atoms with E-state index in [1.54, 1.807) is 29.5 Å². The predicted octanol–water partition coefficient (Wildman–Crippen LogP) is 3.84. The summed E-state index contributed by atoms with van der Waals surface area (Å²) in [7, 11) is 6.54. The summed E-state index contributed by atoms with van der Waals surface area (Å²) in [6.45, 7) is 1.78. The lowest BCUT2D eigenvalue weighted by Crippen LogP contribution is -2.38. The first-order valence-electron chi connectivity index (χ1n) is 11.4. The second-order valence-corrected chi connectivity index (χ2v) is 9.73. The van der Waals surface area contributed by atoms with Gasteiger partial charge in [-0.3, -0.25) is 4.79 Å². The summed E-state index contributed by atoms with van der Waals surface area (Å²) in [5.41, 5.74) is 2.92. The highest BCUT2D eigenvalue weighted by Gasteiger charge is 2.33. The number of carbonyl (C=O) groups is 2. The summed E-state index contributed by atoms with van der Waals surface area (Å²) >= 11 is 1.63. The molecule has 0 bridgehead atoms. The topological polar surface area (TPSA) is 98.4 Å². The van der Waals surface area contributed by atoms with Crippen LogP contribution in [0.1, 0.15) is 42.9 Å². The van der Waals surface area contributed by atoms with Gasteiger partial charge >= 0.3 is 5.97 Å². The molecule has 2 N–H and O–H groups in total. The van der Waals surface area contributed by atoms with Gasteiger partial charge in [0.05, 0.1) is 32.5 Å². The number of fused-ring (bicyclic) bond motifs is 3. The van der Waals surface area contributed by atoms with E-state index in [9.17, 15) is 9.59 Å². The molecular weight excluding hydrogens is 482 g/mol. The molecule has 36 heavy (non-hydrogen) atoms.